The zero-order chi connectivity index (χ0) is 13.8. The molecule has 19 heavy (non-hydrogen) atoms. The number of halogens is 2. The van der Waals surface area contributed by atoms with E-state index in [4.69, 9.17) is 0 Å². The second-order valence-corrected chi connectivity index (χ2v) is 6.41. The molecule has 0 aromatic heterocycles. The minimum atomic E-state index is -0.165. The van der Waals surface area contributed by atoms with Crippen molar-refractivity contribution >= 4 is 15.9 Å². The van der Waals surface area contributed by atoms with Gasteiger partial charge in [-0.2, -0.15) is 0 Å². The molecular weight excluding hydrogens is 305 g/mol. The maximum absolute atomic E-state index is 13.7. The molecule has 1 aromatic carbocycles. The van der Waals surface area contributed by atoms with Gasteiger partial charge in [0.2, 0.25) is 0 Å². The van der Waals surface area contributed by atoms with Crippen molar-refractivity contribution in [3.05, 3.63) is 34.1 Å². The second-order valence-electron chi connectivity index (χ2n) is 5.56. The Morgan fingerprint density at radius 3 is 2.74 bits per heavy atom. The molecule has 1 aliphatic rings. The molecule has 1 aromatic rings. The number of hydrogen-bond acceptors (Lipinski definition) is 1. The van der Waals surface area contributed by atoms with E-state index in [0.29, 0.717) is 10.4 Å². The monoisotopic (exact) mass is 327 g/mol. The highest BCUT2D eigenvalue weighted by molar-refractivity contribution is 9.10. The van der Waals surface area contributed by atoms with E-state index in [1.165, 1.54) is 32.1 Å². The van der Waals surface area contributed by atoms with Gasteiger partial charge in [-0.1, -0.05) is 38.7 Å². The van der Waals surface area contributed by atoms with Gasteiger partial charge >= 0.3 is 0 Å². The average Bonchev–Trinajstić information content (AvgIpc) is 2.44. The van der Waals surface area contributed by atoms with Crippen molar-refractivity contribution in [1.29, 1.82) is 0 Å². The van der Waals surface area contributed by atoms with Crippen LogP contribution in [-0.2, 0) is 0 Å². The van der Waals surface area contributed by atoms with Gasteiger partial charge < -0.3 is 5.32 Å². The molecule has 2 rings (SSSR count). The summed E-state index contributed by atoms with van der Waals surface area (Å²) in [6, 6.07) is 5.80. The molecule has 0 saturated heterocycles. The summed E-state index contributed by atoms with van der Waals surface area (Å²) in [5.41, 5.74) is 1.08. The third-order valence-corrected chi connectivity index (χ3v) is 5.18. The summed E-state index contributed by atoms with van der Waals surface area (Å²) >= 11 is 3.23. The highest BCUT2D eigenvalue weighted by atomic mass is 79.9. The summed E-state index contributed by atoms with van der Waals surface area (Å²) in [4.78, 5) is 0. The molecule has 3 unspecified atom stereocenters. The molecule has 0 heterocycles. The van der Waals surface area contributed by atoms with Gasteiger partial charge in [-0.25, -0.2) is 4.39 Å². The van der Waals surface area contributed by atoms with Gasteiger partial charge in [-0.3, -0.25) is 0 Å². The molecule has 1 nitrogen and oxygen atoms in total. The van der Waals surface area contributed by atoms with Crippen LogP contribution in [0.25, 0.3) is 0 Å². The van der Waals surface area contributed by atoms with Gasteiger partial charge in [0.15, 0.2) is 0 Å². The molecule has 1 N–H and O–H groups in total. The highest BCUT2D eigenvalue weighted by Gasteiger charge is 2.31. The molecular formula is C16H23BrFN. The van der Waals surface area contributed by atoms with Gasteiger partial charge in [-0.15, -0.1) is 0 Å². The standard InChI is InChI=1S/C16H23BrFN/c1-3-11-6-4-5-7-13(11)16(19-2)12-8-9-14(17)15(18)10-12/h8-11,13,16,19H,3-7H2,1-2H3. The number of rotatable bonds is 4. The molecule has 1 aliphatic carbocycles. The van der Waals surface area contributed by atoms with Gasteiger partial charge in [-0.05, 0) is 58.9 Å². The Bertz CT molecular complexity index is 421. The average molecular weight is 328 g/mol. The summed E-state index contributed by atoms with van der Waals surface area (Å²) in [6.07, 6.45) is 6.44. The quantitative estimate of drug-likeness (QED) is 0.814. The molecule has 106 valence electrons. The van der Waals surface area contributed by atoms with Crippen LogP contribution >= 0.6 is 15.9 Å². The fraction of sp³-hybridized carbons (Fsp3) is 0.625. The van der Waals surface area contributed by atoms with E-state index >= 15 is 0 Å². The molecule has 0 radical (unpaired) electrons. The minimum absolute atomic E-state index is 0.165. The lowest BCUT2D eigenvalue weighted by Gasteiger charge is -2.37. The van der Waals surface area contributed by atoms with Crippen LogP contribution in [0.15, 0.2) is 22.7 Å². The first-order valence-electron chi connectivity index (χ1n) is 7.29. The summed E-state index contributed by atoms with van der Waals surface area (Å²) in [7, 11) is 1.99. The number of benzene rings is 1. The molecule has 3 heteroatoms. The Morgan fingerprint density at radius 2 is 2.11 bits per heavy atom. The van der Waals surface area contributed by atoms with Crippen LogP contribution in [0.5, 0.6) is 0 Å². The third-order valence-electron chi connectivity index (χ3n) is 4.53. The molecule has 1 saturated carbocycles. The predicted octanol–water partition coefficient (Wildman–Crippen LogP) is 5.07. The molecule has 3 atom stereocenters. The van der Waals surface area contributed by atoms with Crippen molar-refractivity contribution in [2.75, 3.05) is 7.05 Å². The lowest BCUT2D eigenvalue weighted by Crippen LogP contribution is -2.32. The van der Waals surface area contributed by atoms with Crippen molar-refractivity contribution in [2.24, 2.45) is 11.8 Å². The first-order chi connectivity index (χ1) is 9.17. The van der Waals surface area contributed by atoms with Gasteiger partial charge in [0, 0.05) is 6.04 Å². The van der Waals surface area contributed by atoms with Gasteiger partial charge in [0.1, 0.15) is 5.82 Å². The first kappa shape index (κ1) is 15.0. The van der Waals surface area contributed by atoms with Crippen molar-refractivity contribution in [3.8, 4) is 0 Å². The van der Waals surface area contributed by atoms with E-state index in [1.54, 1.807) is 6.07 Å². The Labute approximate surface area is 124 Å². The van der Waals surface area contributed by atoms with Crippen molar-refractivity contribution in [1.82, 2.24) is 5.32 Å². The van der Waals surface area contributed by atoms with E-state index in [1.807, 2.05) is 19.2 Å². The third kappa shape index (κ3) is 3.38. The van der Waals surface area contributed by atoms with Crippen LogP contribution in [0.4, 0.5) is 4.39 Å². The molecule has 0 amide bonds. The molecule has 0 bridgehead atoms. The first-order valence-corrected chi connectivity index (χ1v) is 8.08. The largest absolute Gasteiger partial charge is 0.313 e. The molecule has 1 fully saturated rings. The van der Waals surface area contributed by atoms with Crippen molar-refractivity contribution in [3.63, 3.8) is 0 Å². The van der Waals surface area contributed by atoms with Crippen LogP contribution in [0.3, 0.4) is 0 Å². The van der Waals surface area contributed by atoms with E-state index in [9.17, 15) is 4.39 Å². The van der Waals surface area contributed by atoms with Gasteiger partial charge in [0.05, 0.1) is 4.47 Å². The fourth-order valence-electron chi connectivity index (χ4n) is 3.52. The van der Waals surface area contributed by atoms with Crippen LogP contribution < -0.4 is 5.32 Å². The zero-order valence-electron chi connectivity index (χ0n) is 11.8. The van der Waals surface area contributed by atoms with Crippen molar-refractivity contribution in [2.45, 2.75) is 45.1 Å². The van der Waals surface area contributed by atoms with E-state index in [0.717, 1.165) is 11.5 Å². The summed E-state index contributed by atoms with van der Waals surface area (Å²) < 4.78 is 14.3. The lowest BCUT2D eigenvalue weighted by atomic mass is 9.72. The Morgan fingerprint density at radius 1 is 1.37 bits per heavy atom. The number of nitrogens with one attached hydrogen (secondary N) is 1. The molecule has 0 spiro atoms. The highest BCUT2D eigenvalue weighted by Crippen LogP contribution is 2.40. The van der Waals surface area contributed by atoms with Crippen LogP contribution in [0, 0.1) is 17.7 Å². The summed E-state index contributed by atoms with van der Waals surface area (Å²) in [5.74, 6) is 1.23. The Kier molecular flexibility index (Phi) is 5.40. The number of hydrogen-bond donors (Lipinski definition) is 1. The SMILES string of the molecule is CCC1CCCCC1C(NC)c1ccc(Br)c(F)c1. The predicted molar refractivity (Wildman–Crippen MR) is 81.6 cm³/mol. The van der Waals surface area contributed by atoms with E-state index in [2.05, 4.69) is 28.2 Å². The maximum atomic E-state index is 13.7. The second kappa shape index (κ2) is 6.85. The summed E-state index contributed by atoms with van der Waals surface area (Å²) in [6.45, 7) is 2.28. The van der Waals surface area contributed by atoms with Crippen LogP contribution in [0.1, 0.15) is 50.6 Å². The normalized spacial score (nSPS) is 25.3. The Hall–Kier alpha value is -0.410. The van der Waals surface area contributed by atoms with E-state index in [-0.39, 0.29) is 11.9 Å². The zero-order valence-corrected chi connectivity index (χ0v) is 13.3. The fourth-order valence-corrected chi connectivity index (χ4v) is 3.76. The minimum Gasteiger partial charge on any atom is -0.313 e. The summed E-state index contributed by atoms with van der Waals surface area (Å²) in [5, 5.41) is 3.42. The van der Waals surface area contributed by atoms with Gasteiger partial charge in [0.25, 0.3) is 0 Å². The topological polar surface area (TPSA) is 12.0 Å². The smallest absolute Gasteiger partial charge is 0.137 e. The molecule has 0 aliphatic heterocycles. The van der Waals surface area contributed by atoms with Crippen LogP contribution in [0.2, 0.25) is 0 Å². The van der Waals surface area contributed by atoms with Crippen molar-refractivity contribution < 1.29 is 4.39 Å². The lowest BCUT2D eigenvalue weighted by molar-refractivity contribution is 0.180. The van der Waals surface area contributed by atoms with Crippen LogP contribution in [-0.4, -0.2) is 7.05 Å². The van der Waals surface area contributed by atoms with E-state index < -0.39 is 0 Å². The Balaban J connectivity index is 2.24. The maximum Gasteiger partial charge on any atom is 0.137 e.